The quantitative estimate of drug-likeness (QED) is 0.692. The van der Waals surface area contributed by atoms with Crippen LogP contribution in [-0.4, -0.2) is 16.9 Å². The molecule has 0 spiro atoms. The average Bonchev–Trinajstić information content (AvgIpc) is 2.17. The Balaban J connectivity index is 2.79. The second kappa shape index (κ2) is 4.41. The van der Waals surface area contributed by atoms with E-state index in [9.17, 15) is 9.59 Å². The van der Waals surface area contributed by atoms with Crippen molar-refractivity contribution in [1.29, 1.82) is 0 Å². The molecule has 1 rings (SSSR count). The molecule has 0 fully saturated rings. The van der Waals surface area contributed by atoms with Crippen molar-refractivity contribution in [2.75, 3.05) is 0 Å². The first-order valence-corrected chi connectivity index (χ1v) is 4.25. The molecule has 0 saturated heterocycles. The predicted octanol–water partition coefficient (Wildman–Crippen LogP) is 0.679. The largest absolute Gasteiger partial charge is 0.346 e. The van der Waals surface area contributed by atoms with Gasteiger partial charge in [-0.1, -0.05) is 6.08 Å². The van der Waals surface area contributed by atoms with Gasteiger partial charge in [0.05, 0.1) is 0 Å². The van der Waals surface area contributed by atoms with E-state index >= 15 is 0 Å². The molecule has 0 aliphatic heterocycles. The zero-order valence-corrected chi connectivity index (χ0v) is 7.91. The van der Waals surface area contributed by atoms with Crippen LogP contribution in [0.1, 0.15) is 17.3 Å². The second-order valence-corrected chi connectivity index (χ2v) is 2.94. The summed E-state index contributed by atoms with van der Waals surface area (Å²) in [4.78, 5) is 24.8. The minimum absolute atomic E-state index is 0.109. The van der Waals surface area contributed by atoms with Gasteiger partial charge in [-0.3, -0.25) is 9.59 Å². The molecule has 2 N–H and O–H groups in total. The van der Waals surface area contributed by atoms with Crippen molar-refractivity contribution in [2.24, 2.45) is 0 Å². The van der Waals surface area contributed by atoms with Crippen LogP contribution >= 0.6 is 0 Å². The highest BCUT2D eigenvalue weighted by Crippen LogP contribution is 1.94. The van der Waals surface area contributed by atoms with E-state index in [1.165, 1.54) is 12.3 Å². The van der Waals surface area contributed by atoms with Gasteiger partial charge in [0, 0.05) is 23.9 Å². The molecule has 4 heteroatoms. The van der Waals surface area contributed by atoms with Gasteiger partial charge in [-0.25, -0.2) is 0 Å². The molecule has 0 bridgehead atoms. The maximum Gasteiger partial charge on any atom is 0.251 e. The normalized spacial score (nSPS) is 11.8. The van der Waals surface area contributed by atoms with E-state index in [2.05, 4.69) is 16.9 Å². The van der Waals surface area contributed by atoms with Crippen molar-refractivity contribution in [1.82, 2.24) is 10.3 Å². The molecule has 0 aliphatic rings. The lowest BCUT2D eigenvalue weighted by Gasteiger charge is -2.08. The summed E-state index contributed by atoms with van der Waals surface area (Å²) in [5.41, 5.74) is 0.0614. The topological polar surface area (TPSA) is 62.0 Å². The Bertz CT molecular complexity index is 395. The first-order valence-electron chi connectivity index (χ1n) is 4.25. The van der Waals surface area contributed by atoms with Gasteiger partial charge in [0.25, 0.3) is 5.91 Å². The highest BCUT2D eigenvalue weighted by Gasteiger charge is 2.06. The molecule has 1 aromatic rings. The Kier molecular flexibility index (Phi) is 3.23. The number of hydrogen-bond acceptors (Lipinski definition) is 2. The number of H-pyrrole nitrogens is 1. The fourth-order valence-corrected chi connectivity index (χ4v) is 0.935. The summed E-state index contributed by atoms with van der Waals surface area (Å²) < 4.78 is 0. The van der Waals surface area contributed by atoms with E-state index in [0.717, 1.165) is 0 Å². The van der Waals surface area contributed by atoms with Crippen LogP contribution in [0.15, 0.2) is 35.8 Å². The third-order valence-corrected chi connectivity index (χ3v) is 1.75. The number of rotatable bonds is 3. The zero-order valence-electron chi connectivity index (χ0n) is 7.91. The Morgan fingerprint density at radius 3 is 3.00 bits per heavy atom. The Morgan fingerprint density at radius 1 is 1.71 bits per heavy atom. The third-order valence-electron chi connectivity index (χ3n) is 1.75. The van der Waals surface area contributed by atoms with Crippen molar-refractivity contribution >= 4 is 5.91 Å². The van der Waals surface area contributed by atoms with Crippen LogP contribution in [0.5, 0.6) is 0 Å². The Labute approximate surface area is 81.7 Å². The molecule has 14 heavy (non-hydrogen) atoms. The lowest BCUT2D eigenvalue weighted by molar-refractivity contribution is 0.0947. The first-order chi connectivity index (χ1) is 6.63. The molecule has 0 aliphatic carbocycles. The van der Waals surface area contributed by atoms with Crippen molar-refractivity contribution in [3.8, 4) is 0 Å². The van der Waals surface area contributed by atoms with Crippen molar-refractivity contribution < 1.29 is 4.79 Å². The predicted molar refractivity (Wildman–Crippen MR) is 54.2 cm³/mol. The van der Waals surface area contributed by atoms with Gasteiger partial charge in [0.2, 0.25) is 5.56 Å². The summed E-state index contributed by atoms with van der Waals surface area (Å²) in [5.74, 6) is -0.275. The van der Waals surface area contributed by atoms with Gasteiger partial charge in [-0.05, 0) is 13.0 Å². The SMILES string of the molecule is C=CC(C)NC(=O)c1cc[nH]c(=O)c1. The Hall–Kier alpha value is -1.84. The van der Waals surface area contributed by atoms with Gasteiger partial charge >= 0.3 is 0 Å². The minimum Gasteiger partial charge on any atom is -0.346 e. The van der Waals surface area contributed by atoms with E-state index in [-0.39, 0.29) is 17.5 Å². The minimum atomic E-state index is -0.288. The highest BCUT2D eigenvalue weighted by molar-refractivity contribution is 5.94. The van der Waals surface area contributed by atoms with Crippen molar-refractivity contribution in [3.63, 3.8) is 0 Å². The van der Waals surface area contributed by atoms with Crippen LogP contribution in [0.25, 0.3) is 0 Å². The smallest absolute Gasteiger partial charge is 0.251 e. The number of amides is 1. The van der Waals surface area contributed by atoms with Crippen LogP contribution < -0.4 is 10.9 Å². The fraction of sp³-hybridized carbons (Fsp3) is 0.200. The van der Waals surface area contributed by atoms with Crippen LogP contribution in [0, 0.1) is 0 Å². The number of carbonyl (C=O) groups excluding carboxylic acids is 1. The molecule has 4 nitrogen and oxygen atoms in total. The number of aromatic amines is 1. The second-order valence-electron chi connectivity index (χ2n) is 2.94. The van der Waals surface area contributed by atoms with Gasteiger partial charge in [-0.15, -0.1) is 6.58 Å². The molecule has 1 amide bonds. The van der Waals surface area contributed by atoms with Crippen molar-refractivity contribution in [2.45, 2.75) is 13.0 Å². The number of hydrogen-bond donors (Lipinski definition) is 2. The molecule has 1 heterocycles. The summed E-state index contributed by atoms with van der Waals surface area (Å²) in [6, 6.07) is 2.69. The van der Waals surface area contributed by atoms with E-state index in [0.29, 0.717) is 5.56 Å². The lowest BCUT2D eigenvalue weighted by atomic mass is 10.2. The van der Waals surface area contributed by atoms with E-state index in [4.69, 9.17) is 0 Å². The van der Waals surface area contributed by atoms with Gasteiger partial charge < -0.3 is 10.3 Å². The summed E-state index contributed by atoms with van der Waals surface area (Å²) in [7, 11) is 0. The Morgan fingerprint density at radius 2 is 2.43 bits per heavy atom. The first kappa shape index (κ1) is 10.2. The molecule has 1 unspecified atom stereocenters. The van der Waals surface area contributed by atoms with Gasteiger partial charge in [0.15, 0.2) is 0 Å². The molecule has 1 aromatic heterocycles. The summed E-state index contributed by atoms with van der Waals surface area (Å²) in [5, 5.41) is 2.66. The number of pyridine rings is 1. The monoisotopic (exact) mass is 192 g/mol. The van der Waals surface area contributed by atoms with Gasteiger partial charge in [-0.2, -0.15) is 0 Å². The summed E-state index contributed by atoms with van der Waals surface area (Å²) in [6.07, 6.45) is 3.06. The van der Waals surface area contributed by atoms with Crippen LogP contribution in [-0.2, 0) is 0 Å². The summed E-state index contributed by atoms with van der Waals surface area (Å²) in [6.45, 7) is 5.35. The standard InChI is InChI=1S/C10H12N2O2/c1-3-7(2)12-10(14)8-4-5-11-9(13)6-8/h3-7H,1H2,2H3,(H,11,13)(H,12,14). The molecule has 0 radical (unpaired) electrons. The maximum atomic E-state index is 11.5. The van der Waals surface area contributed by atoms with Crippen molar-refractivity contribution in [3.05, 3.63) is 46.9 Å². The number of aromatic nitrogens is 1. The maximum absolute atomic E-state index is 11.5. The highest BCUT2D eigenvalue weighted by atomic mass is 16.2. The van der Waals surface area contributed by atoms with E-state index in [1.54, 1.807) is 19.1 Å². The van der Waals surface area contributed by atoms with E-state index in [1.807, 2.05) is 0 Å². The molecular weight excluding hydrogens is 180 g/mol. The van der Waals surface area contributed by atoms with Crippen LogP contribution in [0.2, 0.25) is 0 Å². The zero-order chi connectivity index (χ0) is 10.6. The molecule has 74 valence electrons. The molecular formula is C10H12N2O2. The van der Waals surface area contributed by atoms with Crippen LogP contribution in [0.3, 0.4) is 0 Å². The number of nitrogens with one attached hydrogen (secondary N) is 2. The lowest BCUT2D eigenvalue weighted by Crippen LogP contribution is -2.31. The molecule has 1 atom stereocenters. The van der Waals surface area contributed by atoms with Crippen LogP contribution in [0.4, 0.5) is 0 Å². The number of carbonyl (C=O) groups is 1. The fourth-order valence-electron chi connectivity index (χ4n) is 0.935. The van der Waals surface area contributed by atoms with Gasteiger partial charge in [0.1, 0.15) is 0 Å². The third kappa shape index (κ3) is 2.58. The summed E-state index contributed by atoms with van der Waals surface area (Å²) >= 11 is 0. The van der Waals surface area contributed by atoms with E-state index < -0.39 is 0 Å². The average molecular weight is 192 g/mol. The molecule has 0 aromatic carbocycles. The molecule has 0 saturated carbocycles.